The van der Waals surface area contributed by atoms with Crippen molar-refractivity contribution in [2.75, 3.05) is 10.6 Å². The molecule has 7 heteroatoms. The van der Waals surface area contributed by atoms with Crippen molar-refractivity contribution < 1.29 is 9.59 Å². The highest BCUT2D eigenvalue weighted by molar-refractivity contribution is 7.15. The molecule has 0 bridgehead atoms. The maximum absolute atomic E-state index is 12.7. The van der Waals surface area contributed by atoms with Gasteiger partial charge in [0.2, 0.25) is 11.8 Å². The van der Waals surface area contributed by atoms with E-state index >= 15 is 0 Å². The molecule has 0 aliphatic heterocycles. The molecular formula is C23H22N4O2S. The SMILES string of the molecule is C=CC(=O)Nc1ccc(-c2cccc([C@H](C)C(=O)Nc3ncc(C4CC4)s3)c2)nc1. The van der Waals surface area contributed by atoms with Crippen LogP contribution in [0.1, 0.15) is 42.0 Å². The average molecular weight is 419 g/mol. The van der Waals surface area contributed by atoms with Crippen molar-refractivity contribution in [2.24, 2.45) is 0 Å². The molecule has 2 heterocycles. The second-order valence-corrected chi connectivity index (χ2v) is 8.37. The van der Waals surface area contributed by atoms with Crippen molar-refractivity contribution in [3.63, 3.8) is 0 Å². The number of benzene rings is 1. The third-order valence-electron chi connectivity index (χ3n) is 5.03. The molecule has 3 aromatic rings. The minimum Gasteiger partial charge on any atom is -0.321 e. The van der Waals surface area contributed by atoms with Crippen molar-refractivity contribution >= 4 is 34.0 Å². The third kappa shape index (κ3) is 4.63. The molecule has 4 rings (SSSR count). The Balaban J connectivity index is 1.45. The summed E-state index contributed by atoms with van der Waals surface area (Å²) in [5.41, 5.74) is 3.16. The fourth-order valence-corrected chi connectivity index (χ4v) is 4.05. The highest BCUT2D eigenvalue weighted by Crippen LogP contribution is 2.43. The summed E-state index contributed by atoms with van der Waals surface area (Å²) >= 11 is 1.56. The number of nitrogens with zero attached hydrogens (tertiary/aromatic N) is 2. The van der Waals surface area contributed by atoms with Crippen LogP contribution in [0.4, 0.5) is 10.8 Å². The van der Waals surface area contributed by atoms with Crippen molar-refractivity contribution in [1.82, 2.24) is 9.97 Å². The predicted octanol–water partition coefficient (Wildman–Crippen LogP) is 4.95. The molecule has 1 aromatic carbocycles. The molecule has 2 N–H and O–H groups in total. The van der Waals surface area contributed by atoms with Crippen molar-refractivity contribution in [3.05, 3.63) is 71.9 Å². The maximum atomic E-state index is 12.7. The number of pyridine rings is 1. The van der Waals surface area contributed by atoms with E-state index < -0.39 is 0 Å². The fraction of sp³-hybridized carbons (Fsp3) is 0.217. The number of thiazole rings is 1. The molecule has 0 spiro atoms. The van der Waals surface area contributed by atoms with Gasteiger partial charge in [-0.3, -0.25) is 14.6 Å². The van der Waals surface area contributed by atoms with Gasteiger partial charge in [0.15, 0.2) is 5.13 Å². The van der Waals surface area contributed by atoms with E-state index in [0.29, 0.717) is 16.7 Å². The molecule has 2 amide bonds. The van der Waals surface area contributed by atoms with Gasteiger partial charge >= 0.3 is 0 Å². The lowest BCUT2D eigenvalue weighted by molar-refractivity contribution is -0.117. The zero-order valence-corrected chi connectivity index (χ0v) is 17.4. The molecule has 6 nitrogen and oxygen atoms in total. The van der Waals surface area contributed by atoms with Crippen LogP contribution in [0.3, 0.4) is 0 Å². The van der Waals surface area contributed by atoms with Gasteiger partial charge in [0.05, 0.1) is 23.5 Å². The summed E-state index contributed by atoms with van der Waals surface area (Å²) in [4.78, 5) is 34.1. The van der Waals surface area contributed by atoms with E-state index in [1.165, 1.54) is 23.8 Å². The topological polar surface area (TPSA) is 84.0 Å². The highest BCUT2D eigenvalue weighted by Gasteiger charge is 2.26. The van der Waals surface area contributed by atoms with E-state index in [4.69, 9.17) is 0 Å². The smallest absolute Gasteiger partial charge is 0.247 e. The van der Waals surface area contributed by atoms with Crippen LogP contribution in [-0.4, -0.2) is 21.8 Å². The van der Waals surface area contributed by atoms with Crippen LogP contribution < -0.4 is 10.6 Å². The minimum absolute atomic E-state index is 0.0840. The van der Waals surface area contributed by atoms with Crippen molar-refractivity contribution in [2.45, 2.75) is 31.6 Å². The van der Waals surface area contributed by atoms with E-state index in [9.17, 15) is 9.59 Å². The second kappa shape index (κ2) is 8.59. The lowest BCUT2D eigenvalue weighted by Gasteiger charge is -2.12. The number of carbonyl (C=O) groups excluding carboxylic acids is 2. The minimum atomic E-state index is -0.329. The molecule has 1 atom stereocenters. The Kier molecular flexibility index (Phi) is 5.72. The Morgan fingerprint density at radius 2 is 2.00 bits per heavy atom. The first-order valence-corrected chi connectivity index (χ1v) is 10.6. The zero-order chi connectivity index (χ0) is 21.1. The van der Waals surface area contributed by atoms with Crippen LogP contribution in [0.2, 0.25) is 0 Å². The van der Waals surface area contributed by atoms with Crippen LogP contribution in [-0.2, 0) is 9.59 Å². The molecule has 0 saturated heterocycles. The zero-order valence-electron chi connectivity index (χ0n) is 16.6. The van der Waals surface area contributed by atoms with E-state index in [1.807, 2.05) is 43.5 Å². The molecule has 2 aromatic heterocycles. The highest BCUT2D eigenvalue weighted by atomic mass is 32.1. The van der Waals surface area contributed by atoms with Crippen LogP contribution in [0.25, 0.3) is 11.3 Å². The number of anilines is 2. The lowest BCUT2D eigenvalue weighted by atomic mass is 9.97. The number of carbonyl (C=O) groups is 2. The summed E-state index contributed by atoms with van der Waals surface area (Å²) < 4.78 is 0. The number of amides is 2. The van der Waals surface area contributed by atoms with Crippen LogP contribution in [0.5, 0.6) is 0 Å². The summed E-state index contributed by atoms with van der Waals surface area (Å²) in [7, 11) is 0. The van der Waals surface area contributed by atoms with Crippen molar-refractivity contribution in [3.8, 4) is 11.3 Å². The molecule has 1 aliphatic carbocycles. The normalized spacial score (nSPS) is 14.0. The number of hydrogen-bond donors (Lipinski definition) is 2. The molecule has 1 saturated carbocycles. The number of nitrogens with one attached hydrogen (secondary N) is 2. The van der Waals surface area contributed by atoms with Gasteiger partial charge in [-0.25, -0.2) is 4.98 Å². The van der Waals surface area contributed by atoms with Crippen LogP contribution in [0, 0.1) is 0 Å². The maximum Gasteiger partial charge on any atom is 0.247 e. The molecule has 1 fully saturated rings. The van der Waals surface area contributed by atoms with Gasteiger partial charge in [0.25, 0.3) is 0 Å². The Bertz CT molecular complexity index is 1090. The van der Waals surface area contributed by atoms with E-state index in [2.05, 4.69) is 27.2 Å². The fourth-order valence-electron chi connectivity index (χ4n) is 3.07. The van der Waals surface area contributed by atoms with Gasteiger partial charge in [0, 0.05) is 16.6 Å². The van der Waals surface area contributed by atoms with E-state index in [-0.39, 0.29) is 17.7 Å². The first-order chi connectivity index (χ1) is 14.5. The van der Waals surface area contributed by atoms with Gasteiger partial charge in [-0.15, -0.1) is 11.3 Å². The molecular weight excluding hydrogens is 396 g/mol. The summed E-state index contributed by atoms with van der Waals surface area (Å²) in [5.74, 6) is -0.0641. The van der Waals surface area contributed by atoms with Crippen LogP contribution in [0.15, 0.2) is 61.4 Å². The Morgan fingerprint density at radius 3 is 2.70 bits per heavy atom. The molecule has 30 heavy (non-hydrogen) atoms. The monoisotopic (exact) mass is 418 g/mol. The largest absolute Gasteiger partial charge is 0.321 e. The van der Waals surface area contributed by atoms with Gasteiger partial charge < -0.3 is 10.6 Å². The Hall–Kier alpha value is -3.32. The number of aromatic nitrogens is 2. The average Bonchev–Trinajstić information content (AvgIpc) is 3.52. The molecule has 152 valence electrons. The summed E-state index contributed by atoms with van der Waals surface area (Å²) in [6, 6.07) is 11.4. The number of rotatable bonds is 7. The van der Waals surface area contributed by atoms with E-state index in [1.54, 1.807) is 23.6 Å². The van der Waals surface area contributed by atoms with Gasteiger partial charge in [-0.2, -0.15) is 0 Å². The van der Waals surface area contributed by atoms with E-state index in [0.717, 1.165) is 16.8 Å². The standard InChI is InChI=1S/C23H22N4O2S/c1-3-21(28)26-18-9-10-19(24-12-18)17-6-4-5-16(11-17)14(2)22(29)27-23-25-13-20(30-23)15-7-8-15/h3-6,9-15H,1,7-8H2,2H3,(H,26,28)(H,25,27,29)/t14-/m0/s1. The predicted molar refractivity (Wildman–Crippen MR) is 120 cm³/mol. The second-order valence-electron chi connectivity index (χ2n) is 7.30. The van der Waals surface area contributed by atoms with Crippen LogP contribution >= 0.6 is 11.3 Å². The molecule has 0 radical (unpaired) electrons. The number of hydrogen-bond acceptors (Lipinski definition) is 5. The quantitative estimate of drug-likeness (QED) is 0.532. The van der Waals surface area contributed by atoms with Gasteiger partial charge in [0.1, 0.15) is 0 Å². The first kappa shape index (κ1) is 20.0. The third-order valence-corrected chi connectivity index (χ3v) is 6.10. The summed E-state index contributed by atoms with van der Waals surface area (Å²) in [6.45, 7) is 5.31. The molecule has 0 unspecified atom stereocenters. The first-order valence-electron chi connectivity index (χ1n) is 9.80. The van der Waals surface area contributed by atoms with Gasteiger partial charge in [-0.05, 0) is 55.5 Å². The summed E-state index contributed by atoms with van der Waals surface area (Å²) in [5, 5.41) is 6.27. The summed E-state index contributed by atoms with van der Waals surface area (Å²) in [6.07, 6.45) is 7.11. The Labute approximate surface area is 179 Å². The van der Waals surface area contributed by atoms with Gasteiger partial charge in [-0.1, -0.05) is 24.8 Å². The van der Waals surface area contributed by atoms with Crippen molar-refractivity contribution in [1.29, 1.82) is 0 Å². The Morgan fingerprint density at radius 1 is 1.17 bits per heavy atom. The molecule has 1 aliphatic rings. The lowest BCUT2D eigenvalue weighted by Crippen LogP contribution is -2.18.